The van der Waals surface area contributed by atoms with Crippen LogP contribution in [0.25, 0.3) is 0 Å². The zero-order valence-corrected chi connectivity index (χ0v) is 9.10. The smallest absolute Gasteiger partial charge is 0.213 e. The molecule has 0 aromatic rings. The number of nitrogens with zero attached hydrogens (tertiary/aromatic N) is 1. The molecule has 1 unspecified atom stereocenters. The maximum atomic E-state index is 11.4. The minimum atomic E-state index is -2.98. The lowest BCUT2D eigenvalue weighted by Gasteiger charge is -2.13. The monoisotopic (exact) mass is 206 g/mol. The van der Waals surface area contributed by atoms with Gasteiger partial charge in [-0.2, -0.15) is 0 Å². The van der Waals surface area contributed by atoms with E-state index >= 15 is 0 Å². The van der Waals surface area contributed by atoms with Gasteiger partial charge in [0, 0.05) is 14.1 Å². The first-order valence-electron chi connectivity index (χ1n) is 4.63. The van der Waals surface area contributed by atoms with Crippen molar-refractivity contribution in [2.24, 2.45) is 5.92 Å². The first-order valence-corrected chi connectivity index (χ1v) is 6.24. The fraction of sp³-hybridized carbons (Fsp3) is 1.00. The molecule has 1 saturated heterocycles. The molecular formula is C8H18N2O2S. The third-order valence-electron chi connectivity index (χ3n) is 2.50. The highest BCUT2D eigenvalue weighted by Gasteiger charge is 2.19. The van der Waals surface area contributed by atoms with Gasteiger partial charge in [-0.3, -0.25) is 0 Å². The van der Waals surface area contributed by atoms with Gasteiger partial charge in [0.05, 0.1) is 5.75 Å². The molecule has 0 saturated carbocycles. The summed E-state index contributed by atoms with van der Waals surface area (Å²) >= 11 is 0. The quantitative estimate of drug-likeness (QED) is 0.697. The van der Waals surface area contributed by atoms with E-state index in [-0.39, 0.29) is 5.75 Å². The van der Waals surface area contributed by atoms with Gasteiger partial charge in [0.1, 0.15) is 0 Å². The molecule has 1 fully saturated rings. The highest BCUT2D eigenvalue weighted by molar-refractivity contribution is 7.89. The summed E-state index contributed by atoms with van der Waals surface area (Å²) in [5.74, 6) is 0.835. The normalized spacial score (nSPS) is 24.1. The predicted octanol–water partition coefficient (Wildman–Crippen LogP) is -0.123. The number of hydrogen-bond donors (Lipinski definition) is 1. The van der Waals surface area contributed by atoms with Crippen LogP contribution in [0.1, 0.15) is 12.8 Å². The summed E-state index contributed by atoms with van der Waals surface area (Å²) in [6, 6.07) is 0. The van der Waals surface area contributed by atoms with Crippen molar-refractivity contribution in [1.29, 1.82) is 0 Å². The van der Waals surface area contributed by atoms with Gasteiger partial charge < -0.3 is 5.32 Å². The van der Waals surface area contributed by atoms with Crippen molar-refractivity contribution in [1.82, 2.24) is 9.62 Å². The SMILES string of the molecule is CN(C)S(=O)(=O)CCC1CCNC1. The molecule has 0 bridgehead atoms. The average Bonchev–Trinajstić information content (AvgIpc) is 2.52. The molecule has 0 aromatic heterocycles. The molecule has 0 aliphatic carbocycles. The van der Waals surface area contributed by atoms with Crippen LogP contribution in [0.15, 0.2) is 0 Å². The van der Waals surface area contributed by atoms with Crippen LogP contribution in [0.3, 0.4) is 0 Å². The maximum Gasteiger partial charge on any atom is 0.213 e. The van der Waals surface area contributed by atoms with Crippen molar-refractivity contribution in [3.63, 3.8) is 0 Å². The second-order valence-corrected chi connectivity index (χ2v) is 6.05. The number of nitrogens with one attached hydrogen (secondary N) is 1. The lowest BCUT2D eigenvalue weighted by Crippen LogP contribution is -2.26. The minimum Gasteiger partial charge on any atom is -0.316 e. The summed E-state index contributed by atoms with van der Waals surface area (Å²) < 4.78 is 24.1. The molecule has 1 heterocycles. The van der Waals surface area contributed by atoms with Gasteiger partial charge in [0.25, 0.3) is 0 Å². The van der Waals surface area contributed by atoms with E-state index in [1.54, 1.807) is 14.1 Å². The fourth-order valence-electron chi connectivity index (χ4n) is 1.46. The molecule has 0 spiro atoms. The molecule has 1 atom stereocenters. The molecular weight excluding hydrogens is 188 g/mol. The van der Waals surface area contributed by atoms with Gasteiger partial charge in [0.15, 0.2) is 0 Å². The van der Waals surface area contributed by atoms with Crippen LogP contribution in [-0.4, -0.2) is 45.7 Å². The third-order valence-corrected chi connectivity index (χ3v) is 4.37. The molecule has 1 aliphatic rings. The van der Waals surface area contributed by atoms with Crippen molar-refractivity contribution < 1.29 is 8.42 Å². The molecule has 13 heavy (non-hydrogen) atoms. The highest BCUT2D eigenvalue weighted by Crippen LogP contribution is 2.13. The molecule has 1 N–H and O–H groups in total. The Bertz CT molecular complexity index is 243. The van der Waals surface area contributed by atoms with E-state index < -0.39 is 10.0 Å². The van der Waals surface area contributed by atoms with E-state index in [0.717, 1.165) is 25.9 Å². The van der Waals surface area contributed by atoms with Gasteiger partial charge in [-0.05, 0) is 31.8 Å². The van der Waals surface area contributed by atoms with Gasteiger partial charge in [-0.25, -0.2) is 12.7 Å². The fourth-order valence-corrected chi connectivity index (χ4v) is 2.46. The van der Waals surface area contributed by atoms with Crippen molar-refractivity contribution in [2.75, 3.05) is 32.9 Å². The van der Waals surface area contributed by atoms with Crippen molar-refractivity contribution >= 4 is 10.0 Å². The zero-order chi connectivity index (χ0) is 9.90. The van der Waals surface area contributed by atoms with Crippen molar-refractivity contribution in [3.05, 3.63) is 0 Å². The van der Waals surface area contributed by atoms with Crippen LogP contribution < -0.4 is 5.32 Å². The molecule has 1 aliphatic heterocycles. The average molecular weight is 206 g/mol. The second-order valence-electron chi connectivity index (χ2n) is 3.75. The summed E-state index contributed by atoms with van der Waals surface area (Å²) in [6.07, 6.45) is 1.90. The van der Waals surface area contributed by atoms with Gasteiger partial charge >= 0.3 is 0 Å². The Kier molecular flexibility index (Phi) is 3.70. The molecule has 0 radical (unpaired) electrons. The molecule has 78 valence electrons. The largest absolute Gasteiger partial charge is 0.316 e. The predicted molar refractivity (Wildman–Crippen MR) is 53.1 cm³/mol. The molecule has 5 heteroatoms. The maximum absolute atomic E-state index is 11.4. The molecule has 0 amide bonds. The number of hydrogen-bond acceptors (Lipinski definition) is 3. The van der Waals surface area contributed by atoms with Crippen LogP contribution in [0.2, 0.25) is 0 Å². The van der Waals surface area contributed by atoms with Gasteiger partial charge in [-0.15, -0.1) is 0 Å². The van der Waals surface area contributed by atoms with Gasteiger partial charge in [-0.1, -0.05) is 0 Å². The van der Waals surface area contributed by atoms with E-state index in [0.29, 0.717) is 5.92 Å². The standard InChI is InChI=1S/C8H18N2O2S/c1-10(2)13(11,12)6-4-8-3-5-9-7-8/h8-9H,3-7H2,1-2H3. The minimum absolute atomic E-state index is 0.284. The Morgan fingerprint density at radius 1 is 1.46 bits per heavy atom. The third kappa shape index (κ3) is 3.25. The van der Waals surface area contributed by atoms with E-state index in [4.69, 9.17) is 0 Å². The van der Waals surface area contributed by atoms with Gasteiger partial charge in [0.2, 0.25) is 10.0 Å². The topological polar surface area (TPSA) is 49.4 Å². The Morgan fingerprint density at radius 3 is 2.62 bits per heavy atom. The van der Waals surface area contributed by atoms with E-state index in [1.165, 1.54) is 4.31 Å². The number of sulfonamides is 1. The van der Waals surface area contributed by atoms with Crippen molar-refractivity contribution in [2.45, 2.75) is 12.8 Å². The first kappa shape index (κ1) is 10.9. The van der Waals surface area contributed by atoms with Crippen LogP contribution in [-0.2, 0) is 10.0 Å². The Morgan fingerprint density at radius 2 is 2.15 bits per heavy atom. The summed E-state index contributed by atoms with van der Waals surface area (Å²) in [7, 11) is 0.191. The van der Waals surface area contributed by atoms with Crippen LogP contribution in [0, 0.1) is 5.92 Å². The highest BCUT2D eigenvalue weighted by atomic mass is 32.2. The second kappa shape index (κ2) is 4.39. The summed E-state index contributed by atoms with van der Waals surface area (Å²) in [5.41, 5.74) is 0. The molecule has 1 rings (SSSR count). The molecule has 0 aromatic carbocycles. The Labute approximate surface area is 80.4 Å². The van der Waals surface area contributed by atoms with Crippen molar-refractivity contribution in [3.8, 4) is 0 Å². The van der Waals surface area contributed by atoms with Crippen LogP contribution in [0.5, 0.6) is 0 Å². The zero-order valence-electron chi connectivity index (χ0n) is 8.28. The van der Waals surface area contributed by atoms with E-state index in [2.05, 4.69) is 5.32 Å². The summed E-state index contributed by atoms with van der Waals surface area (Å²) in [5, 5.41) is 3.23. The summed E-state index contributed by atoms with van der Waals surface area (Å²) in [4.78, 5) is 0. The summed E-state index contributed by atoms with van der Waals surface area (Å²) in [6.45, 7) is 2.01. The van der Waals surface area contributed by atoms with Crippen LogP contribution in [0.4, 0.5) is 0 Å². The first-order chi connectivity index (χ1) is 6.02. The number of rotatable bonds is 4. The molecule has 4 nitrogen and oxygen atoms in total. The lowest BCUT2D eigenvalue weighted by atomic mass is 10.1. The van der Waals surface area contributed by atoms with Crippen LogP contribution >= 0.6 is 0 Å². The van der Waals surface area contributed by atoms with E-state index in [9.17, 15) is 8.42 Å². The van der Waals surface area contributed by atoms with E-state index in [1.807, 2.05) is 0 Å². The Hall–Kier alpha value is -0.130. The lowest BCUT2D eigenvalue weighted by molar-refractivity contribution is 0.501. The Balaban J connectivity index is 2.33.